The standard InChI is InChI=1S/C32H38F2N4O4/c33-23-7-8-25-28(39)18-30(42-29(25)17-23)32(41)36-24-11-14-38(15-12-24)20-22-6-9-27(26(34)16-22)37-31(40)10-13-35-19-21-4-2-1-3-5-21/h6-9,16-18,21,24,35H,1-5,10-15,19-20H2,(H,36,41)(H,37,40). The molecule has 2 fully saturated rings. The van der Waals surface area contributed by atoms with Crippen molar-refractivity contribution < 1.29 is 22.8 Å². The van der Waals surface area contributed by atoms with Crippen LogP contribution in [0.5, 0.6) is 0 Å². The van der Waals surface area contributed by atoms with E-state index in [4.69, 9.17) is 4.42 Å². The average Bonchev–Trinajstić information content (AvgIpc) is 2.98. The smallest absolute Gasteiger partial charge is 0.287 e. The number of piperidine rings is 1. The molecule has 0 unspecified atom stereocenters. The van der Waals surface area contributed by atoms with E-state index in [9.17, 15) is 23.2 Å². The molecule has 2 amide bonds. The fourth-order valence-corrected chi connectivity index (χ4v) is 5.86. The van der Waals surface area contributed by atoms with Gasteiger partial charge in [-0.25, -0.2) is 8.78 Å². The molecule has 2 aliphatic rings. The molecule has 10 heteroatoms. The van der Waals surface area contributed by atoms with E-state index < -0.39 is 23.0 Å². The van der Waals surface area contributed by atoms with Crippen LogP contribution in [-0.2, 0) is 11.3 Å². The Morgan fingerprint density at radius 2 is 1.74 bits per heavy atom. The van der Waals surface area contributed by atoms with Gasteiger partial charge in [0.2, 0.25) is 5.91 Å². The van der Waals surface area contributed by atoms with Crippen molar-refractivity contribution in [2.24, 2.45) is 5.92 Å². The molecule has 1 aliphatic carbocycles. The van der Waals surface area contributed by atoms with E-state index in [1.165, 1.54) is 50.3 Å². The first-order valence-electron chi connectivity index (χ1n) is 14.9. The first kappa shape index (κ1) is 29.8. The van der Waals surface area contributed by atoms with Crippen molar-refractivity contribution in [3.63, 3.8) is 0 Å². The van der Waals surface area contributed by atoms with Crippen LogP contribution in [0.1, 0.15) is 67.5 Å². The van der Waals surface area contributed by atoms with Crippen LogP contribution in [-0.4, -0.2) is 48.9 Å². The molecule has 1 saturated heterocycles. The highest BCUT2D eigenvalue weighted by Gasteiger charge is 2.23. The first-order valence-corrected chi connectivity index (χ1v) is 14.9. The van der Waals surface area contributed by atoms with Gasteiger partial charge in [0.05, 0.1) is 11.1 Å². The SMILES string of the molecule is O=C(CCNCC1CCCCC1)Nc1ccc(CN2CCC(NC(=O)c3cc(=O)c4ccc(F)cc4o3)CC2)cc1F. The van der Waals surface area contributed by atoms with Crippen LogP contribution in [0.3, 0.4) is 0 Å². The largest absolute Gasteiger partial charge is 0.451 e. The third-order valence-electron chi connectivity index (χ3n) is 8.24. The molecule has 0 radical (unpaired) electrons. The van der Waals surface area contributed by atoms with Crippen molar-refractivity contribution in [3.8, 4) is 0 Å². The van der Waals surface area contributed by atoms with Crippen LogP contribution in [0, 0.1) is 17.6 Å². The number of halogens is 2. The maximum absolute atomic E-state index is 14.8. The van der Waals surface area contributed by atoms with Gasteiger partial charge in [-0.15, -0.1) is 0 Å². The van der Waals surface area contributed by atoms with Crippen LogP contribution in [0.15, 0.2) is 51.7 Å². The molecule has 1 aromatic heterocycles. The Morgan fingerprint density at radius 3 is 2.50 bits per heavy atom. The Hall–Kier alpha value is -3.63. The number of hydrogen-bond donors (Lipinski definition) is 3. The third-order valence-corrected chi connectivity index (χ3v) is 8.24. The second-order valence-corrected chi connectivity index (χ2v) is 11.5. The van der Waals surface area contributed by atoms with Gasteiger partial charge in [0.15, 0.2) is 11.2 Å². The number of nitrogens with zero attached hydrogens (tertiary/aromatic N) is 1. The van der Waals surface area contributed by atoms with Gasteiger partial charge in [0.25, 0.3) is 5.91 Å². The summed E-state index contributed by atoms with van der Waals surface area (Å²) in [6, 6.07) is 9.48. The normalized spacial score (nSPS) is 16.9. The highest BCUT2D eigenvalue weighted by atomic mass is 19.1. The quantitative estimate of drug-likeness (QED) is 0.293. The lowest BCUT2D eigenvalue weighted by Gasteiger charge is -2.32. The number of fused-ring (bicyclic) bond motifs is 1. The van der Waals surface area contributed by atoms with E-state index in [1.54, 1.807) is 6.07 Å². The Bertz CT molecular complexity index is 1460. The van der Waals surface area contributed by atoms with Crippen LogP contribution in [0.25, 0.3) is 11.0 Å². The predicted molar refractivity (Wildman–Crippen MR) is 157 cm³/mol. The Kier molecular flexibility index (Phi) is 9.97. The van der Waals surface area contributed by atoms with Crippen molar-refractivity contribution >= 4 is 28.5 Å². The number of amides is 2. The van der Waals surface area contributed by atoms with Crippen molar-refractivity contribution in [1.82, 2.24) is 15.5 Å². The van der Waals surface area contributed by atoms with Crippen molar-refractivity contribution in [3.05, 3.63) is 75.6 Å². The summed E-state index contributed by atoms with van der Waals surface area (Å²) in [6.45, 7) is 3.43. The van der Waals surface area contributed by atoms with Gasteiger partial charge >= 0.3 is 0 Å². The van der Waals surface area contributed by atoms with E-state index in [0.29, 0.717) is 51.4 Å². The lowest BCUT2D eigenvalue weighted by Crippen LogP contribution is -2.44. The molecule has 0 atom stereocenters. The number of nitrogens with one attached hydrogen (secondary N) is 3. The molecule has 5 rings (SSSR count). The minimum absolute atomic E-state index is 0.0298. The molecule has 42 heavy (non-hydrogen) atoms. The number of likely N-dealkylation sites (tertiary alicyclic amines) is 1. The van der Waals surface area contributed by atoms with E-state index in [-0.39, 0.29) is 34.4 Å². The topological polar surface area (TPSA) is 104 Å². The number of carbonyl (C=O) groups excluding carboxylic acids is 2. The van der Waals surface area contributed by atoms with Crippen molar-refractivity contribution in [1.29, 1.82) is 0 Å². The summed E-state index contributed by atoms with van der Waals surface area (Å²) < 4.78 is 33.8. The van der Waals surface area contributed by atoms with E-state index in [2.05, 4.69) is 20.9 Å². The van der Waals surface area contributed by atoms with E-state index >= 15 is 0 Å². The molecule has 0 bridgehead atoms. The number of anilines is 1. The third kappa shape index (κ3) is 8.01. The molecule has 3 N–H and O–H groups in total. The van der Waals surface area contributed by atoms with Crippen LogP contribution >= 0.6 is 0 Å². The Labute approximate surface area is 243 Å². The molecule has 2 aromatic carbocycles. The minimum atomic E-state index is -0.553. The average molecular weight is 581 g/mol. The van der Waals surface area contributed by atoms with Gasteiger partial charge in [-0.05, 0) is 68.0 Å². The fraction of sp³-hybridized carbons (Fsp3) is 0.469. The van der Waals surface area contributed by atoms with Crippen molar-refractivity contribution in [2.45, 2.75) is 64.0 Å². The fourth-order valence-electron chi connectivity index (χ4n) is 5.86. The summed E-state index contributed by atoms with van der Waals surface area (Å²) >= 11 is 0. The molecule has 0 spiro atoms. The highest BCUT2D eigenvalue weighted by molar-refractivity contribution is 5.93. The van der Waals surface area contributed by atoms with Gasteiger partial charge < -0.3 is 20.4 Å². The van der Waals surface area contributed by atoms with Crippen LogP contribution < -0.4 is 21.4 Å². The highest BCUT2D eigenvalue weighted by Crippen LogP contribution is 2.23. The molecular weight excluding hydrogens is 542 g/mol. The molecule has 8 nitrogen and oxygen atoms in total. The summed E-state index contributed by atoms with van der Waals surface area (Å²) in [4.78, 5) is 39.5. The zero-order valence-electron chi connectivity index (χ0n) is 23.7. The summed E-state index contributed by atoms with van der Waals surface area (Å²) in [6.07, 6.45) is 8.04. The molecule has 224 valence electrons. The van der Waals surface area contributed by atoms with Gasteiger partial charge in [-0.1, -0.05) is 25.3 Å². The second-order valence-electron chi connectivity index (χ2n) is 11.5. The maximum Gasteiger partial charge on any atom is 0.287 e. The predicted octanol–water partition coefficient (Wildman–Crippen LogP) is 4.96. The summed E-state index contributed by atoms with van der Waals surface area (Å²) in [5.41, 5.74) is 0.603. The molecule has 1 aliphatic heterocycles. The van der Waals surface area contributed by atoms with Gasteiger partial charge in [0, 0.05) is 50.8 Å². The zero-order chi connectivity index (χ0) is 29.5. The maximum atomic E-state index is 14.8. The number of rotatable bonds is 10. The molecule has 3 aromatic rings. The minimum Gasteiger partial charge on any atom is -0.451 e. The Morgan fingerprint density at radius 1 is 0.952 bits per heavy atom. The zero-order valence-corrected chi connectivity index (χ0v) is 23.7. The second kappa shape index (κ2) is 14.0. The summed E-state index contributed by atoms with van der Waals surface area (Å²) in [5, 5.41) is 9.15. The lowest BCUT2D eigenvalue weighted by molar-refractivity contribution is -0.116. The molecule has 2 heterocycles. The van der Waals surface area contributed by atoms with Gasteiger partial charge in [-0.3, -0.25) is 19.3 Å². The molecular formula is C32H38F2N4O4. The van der Waals surface area contributed by atoms with Crippen LogP contribution in [0.4, 0.5) is 14.5 Å². The van der Waals surface area contributed by atoms with Crippen molar-refractivity contribution in [2.75, 3.05) is 31.5 Å². The number of hydrogen-bond acceptors (Lipinski definition) is 6. The first-order chi connectivity index (χ1) is 20.3. The Balaban J connectivity index is 1.04. The lowest BCUT2D eigenvalue weighted by atomic mass is 9.89. The summed E-state index contributed by atoms with van der Waals surface area (Å²) in [5.74, 6) is -1.20. The van der Waals surface area contributed by atoms with Gasteiger partial charge in [-0.2, -0.15) is 0 Å². The molecule has 1 saturated carbocycles. The van der Waals surface area contributed by atoms with Gasteiger partial charge in [0.1, 0.15) is 17.2 Å². The number of carbonyl (C=O) groups is 2. The monoisotopic (exact) mass is 580 g/mol. The van der Waals surface area contributed by atoms with E-state index in [1.807, 2.05) is 6.07 Å². The summed E-state index contributed by atoms with van der Waals surface area (Å²) in [7, 11) is 0. The van der Waals surface area contributed by atoms with E-state index in [0.717, 1.165) is 24.2 Å². The number of benzene rings is 2. The van der Waals surface area contributed by atoms with Crippen LogP contribution in [0.2, 0.25) is 0 Å².